The molecule has 3 aromatic rings. The summed E-state index contributed by atoms with van der Waals surface area (Å²) >= 11 is 13.5. The maximum Gasteiger partial charge on any atom is 0.286 e. The van der Waals surface area contributed by atoms with E-state index in [1.165, 1.54) is 35.6 Å². The summed E-state index contributed by atoms with van der Waals surface area (Å²) in [6.45, 7) is 0.114. The van der Waals surface area contributed by atoms with Crippen LogP contribution in [0.5, 0.6) is 0 Å². The lowest BCUT2D eigenvalue weighted by Gasteiger charge is -2.03. The molecular weight excluding hydrogens is 397 g/mol. The van der Waals surface area contributed by atoms with Crippen molar-refractivity contribution >= 4 is 56.3 Å². The third-order valence-electron chi connectivity index (χ3n) is 3.51. The van der Waals surface area contributed by atoms with Crippen LogP contribution in [0.1, 0.15) is 10.4 Å². The Balaban J connectivity index is 2.24. The van der Waals surface area contributed by atoms with Crippen molar-refractivity contribution in [2.45, 2.75) is 6.54 Å². The van der Waals surface area contributed by atoms with Crippen LogP contribution in [0.25, 0.3) is 10.2 Å². The van der Waals surface area contributed by atoms with Crippen LogP contribution in [0, 0.1) is 22.5 Å². The first kappa shape index (κ1) is 18.1. The molecule has 1 aromatic heterocycles. The average molecular weight is 406 g/mol. The van der Waals surface area contributed by atoms with Crippen LogP contribution in [0.15, 0.2) is 41.4 Å². The van der Waals surface area contributed by atoms with E-state index in [1.807, 2.05) is 0 Å². The molecule has 6 nitrogen and oxygen atoms in total. The molecule has 0 spiro atoms. The number of para-hydroxylation sites is 1. The molecule has 3 rings (SSSR count). The normalized spacial score (nSPS) is 11.5. The Morgan fingerprint density at radius 3 is 2.73 bits per heavy atom. The predicted octanol–water partition coefficient (Wildman–Crippen LogP) is 4.29. The molecule has 0 unspecified atom stereocenters. The molecule has 0 saturated heterocycles. The molecule has 0 radical (unpaired) electrons. The number of amides is 1. The van der Waals surface area contributed by atoms with Crippen LogP contribution in [-0.4, -0.2) is 15.4 Å². The minimum absolute atomic E-state index is 0.105. The second-order valence-corrected chi connectivity index (χ2v) is 6.87. The molecule has 1 heterocycles. The zero-order valence-electron chi connectivity index (χ0n) is 13.0. The number of hydrogen-bond acceptors (Lipinski definition) is 4. The van der Waals surface area contributed by atoms with E-state index in [4.69, 9.17) is 29.6 Å². The first-order chi connectivity index (χ1) is 12.4. The highest BCUT2D eigenvalue weighted by Gasteiger charge is 2.20. The van der Waals surface area contributed by atoms with Gasteiger partial charge in [-0.25, -0.2) is 0 Å². The minimum atomic E-state index is -0.739. The maximum atomic E-state index is 12.5. The second-order valence-electron chi connectivity index (χ2n) is 5.07. The Morgan fingerprint density at radius 1 is 1.31 bits per heavy atom. The highest BCUT2D eigenvalue weighted by molar-refractivity contribution is 7.16. The highest BCUT2D eigenvalue weighted by Crippen LogP contribution is 2.32. The number of aromatic nitrogens is 1. The van der Waals surface area contributed by atoms with Crippen molar-refractivity contribution < 1.29 is 9.72 Å². The Labute approximate surface area is 161 Å². The van der Waals surface area contributed by atoms with Crippen molar-refractivity contribution in [1.29, 1.82) is 0 Å². The number of benzene rings is 2. The van der Waals surface area contributed by atoms with E-state index in [0.717, 1.165) is 4.70 Å². The molecular formula is C17H9Cl2N3O3S. The SMILES string of the molecule is C#CCn1c(=NC(=O)c2ccccc2[N+](=O)[O-])sc2ccc(Cl)c(Cl)c21. The van der Waals surface area contributed by atoms with Crippen LogP contribution in [-0.2, 0) is 6.54 Å². The summed E-state index contributed by atoms with van der Waals surface area (Å²) in [7, 11) is 0. The molecule has 0 aliphatic rings. The van der Waals surface area contributed by atoms with Crippen LogP contribution in [0.2, 0.25) is 10.0 Å². The van der Waals surface area contributed by atoms with Gasteiger partial charge in [-0.15, -0.1) is 6.42 Å². The van der Waals surface area contributed by atoms with E-state index in [2.05, 4.69) is 10.9 Å². The fourth-order valence-corrected chi connectivity index (χ4v) is 3.90. The predicted molar refractivity (Wildman–Crippen MR) is 102 cm³/mol. The Kier molecular flexibility index (Phi) is 5.09. The first-order valence-corrected chi connectivity index (χ1v) is 8.74. The summed E-state index contributed by atoms with van der Waals surface area (Å²) in [5.74, 6) is 1.74. The number of hydrogen-bond donors (Lipinski definition) is 0. The zero-order chi connectivity index (χ0) is 18.8. The van der Waals surface area contributed by atoms with E-state index in [0.29, 0.717) is 15.6 Å². The molecule has 130 valence electrons. The highest BCUT2D eigenvalue weighted by atomic mass is 35.5. The summed E-state index contributed by atoms with van der Waals surface area (Å²) in [5.41, 5.74) is 0.148. The molecule has 0 fully saturated rings. The number of nitro benzene ring substituents is 1. The van der Waals surface area contributed by atoms with E-state index in [-0.39, 0.29) is 22.6 Å². The van der Waals surface area contributed by atoms with Gasteiger partial charge in [-0.3, -0.25) is 14.9 Å². The van der Waals surface area contributed by atoms with Gasteiger partial charge in [0.25, 0.3) is 11.6 Å². The Bertz CT molecular complexity index is 1160. The number of carbonyl (C=O) groups is 1. The van der Waals surface area contributed by atoms with Crippen molar-refractivity contribution in [2.24, 2.45) is 4.99 Å². The summed E-state index contributed by atoms with van der Waals surface area (Å²) in [4.78, 5) is 27.4. The maximum absolute atomic E-state index is 12.5. The lowest BCUT2D eigenvalue weighted by atomic mass is 10.2. The molecule has 9 heteroatoms. The summed E-state index contributed by atoms with van der Waals surface area (Å²) in [6.07, 6.45) is 5.42. The topological polar surface area (TPSA) is 77.5 Å². The fourth-order valence-electron chi connectivity index (χ4n) is 2.39. The number of halogens is 2. The van der Waals surface area contributed by atoms with Gasteiger partial charge in [-0.05, 0) is 18.2 Å². The molecule has 0 atom stereocenters. The number of terminal acetylenes is 1. The fraction of sp³-hybridized carbons (Fsp3) is 0.0588. The third kappa shape index (κ3) is 3.22. The van der Waals surface area contributed by atoms with Gasteiger partial charge < -0.3 is 4.57 Å². The largest absolute Gasteiger partial charge is 0.303 e. The number of rotatable bonds is 3. The Hall–Kier alpha value is -2.66. The van der Waals surface area contributed by atoms with Gasteiger partial charge in [0.1, 0.15) is 5.56 Å². The lowest BCUT2D eigenvalue weighted by Crippen LogP contribution is -2.17. The van der Waals surface area contributed by atoms with Crippen LogP contribution in [0.4, 0.5) is 5.69 Å². The van der Waals surface area contributed by atoms with Crippen molar-refractivity contribution in [3.05, 3.63) is 66.9 Å². The molecule has 0 aliphatic heterocycles. The number of nitrogens with zero attached hydrogens (tertiary/aromatic N) is 3. The zero-order valence-corrected chi connectivity index (χ0v) is 15.3. The number of thiazole rings is 1. The molecule has 0 aliphatic carbocycles. The van der Waals surface area contributed by atoms with Gasteiger partial charge in [-0.2, -0.15) is 4.99 Å². The molecule has 1 amide bonds. The molecule has 2 aromatic carbocycles. The monoisotopic (exact) mass is 405 g/mol. The van der Waals surface area contributed by atoms with Gasteiger partial charge in [-0.1, -0.05) is 52.6 Å². The Morgan fingerprint density at radius 2 is 2.04 bits per heavy atom. The molecule has 26 heavy (non-hydrogen) atoms. The van der Waals surface area contributed by atoms with Crippen molar-refractivity contribution in [2.75, 3.05) is 0 Å². The van der Waals surface area contributed by atoms with Crippen LogP contribution >= 0.6 is 34.5 Å². The average Bonchev–Trinajstić information content (AvgIpc) is 2.96. The second kappa shape index (κ2) is 7.30. The molecule has 0 N–H and O–H groups in total. The van der Waals surface area contributed by atoms with E-state index < -0.39 is 10.8 Å². The summed E-state index contributed by atoms with van der Waals surface area (Å²) in [6, 6.07) is 9.00. The molecule has 0 saturated carbocycles. The van der Waals surface area contributed by atoms with Gasteiger partial charge in [0.05, 0.1) is 31.7 Å². The number of fused-ring (bicyclic) bond motifs is 1. The van der Waals surface area contributed by atoms with Gasteiger partial charge in [0, 0.05) is 6.07 Å². The smallest absolute Gasteiger partial charge is 0.286 e. The van der Waals surface area contributed by atoms with E-state index in [9.17, 15) is 14.9 Å². The lowest BCUT2D eigenvalue weighted by molar-refractivity contribution is -0.385. The van der Waals surface area contributed by atoms with E-state index >= 15 is 0 Å². The summed E-state index contributed by atoms with van der Waals surface area (Å²) < 4.78 is 2.32. The quantitative estimate of drug-likeness (QED) is 0.370. The van der Waals surface area contributed by atoms with Crippen LogP contribution in [0.3, 0.4) is 0 Å². The minimum Gasteiger partial charge on any atom is -0.303 e. The third-order valence-corrected chi connectivity index (χ3v) is 5.35. The van der Waals surface area contributed by atoms with Gasteiger partial charge in [0.2, 0.25) is 0 Å². The summed E-state index contributed by atoms with van der Waals surface area (Å²) in [5, 5.41) is 11.8. The number of nitro groups is 1. The van der Waals surface area contributed by atoms with Crippen molar-refractivity contribution in [3.8, 4) is 12.3 Å². The van der Waals surface area contributed by atoms with Gasteiger partial charge >= 0.3 is 0 Å². The van der Waals surface area contributed by atoms with Crippen LogP contribution < -0.4 is 4.80 Å². The van der Waals surface area contributed by atoms with Crippen molar-refractivity contribution in [1.82, 2.24) is 4.57 Å². The van der Waals surface area contributed by atoms with Gasteiger partial charge in [0.15, 0.2) is 4.80 Å². The number of carbonyl (C=O) groups excluding carboxylic acids is 1. The molecule has 0 bridgehead atoms. The van der Waals surface area contributed by atoms with E-state index in [1.54, 1.807) is 16.7 Å². The first-order valence-electron chi connectivity index (χ1n) is 7.17. The van der Waals surface area contributed by atoms with Crippen molar-refractivity contribution in [3.63, 3.8) is 0 Å². The standard InChI is InChI=1S/C17H9Cl2N3O3S/c1-2-9-21-15-13(8-7-11(18)14(15)19)26-17(21)20-16(23)10-5-3-4-6-12(10)22(24)25/h1,3-8H,9H2.